The first kappa shape index (κ1) is 20.2. The van der Waals surface area contributed by atoms with E-state index in [1.54, 1.807) is 0 Å². The molecule has 26 heavy (non-hydrogen) atoms. The predicted octanol–water partition coefficient (Wildman–Crippen LogP) is 1.38. The number of benzene rings is 1. The van der Waals surface area contributed by atoms with Crippen LogP contribution < -0.4 is 5.73 Å². The molecule has 0 aliphatic carbocycles. The number of sulfone groups is 1. The number of anilines is 1. The Hall–Kier alpha value is -2.16. The van der Waals surface area contributed by atoms with Crippen LogP contribution in [-0.4, -0.2) is 55.9 Å². The van der Waals surface area contributed by atoms with E-state index in [1.807, 2.05) is 6.92 Å². The molecule has 1 aliphatic rings. The zero-order chi connectivity index (χ0) is 19.3. The molecule has 1 saturated heterocycles. The number of rotatable bonds is 7. The van der Waals surface area contributed by atoms with Crippen molar-refractivity contribution >= 4 is 27.4 Å². The van der Waals surface area contributed by atoms with E-state index < -0.39 is 40.2 Å². The van der Waals surface area contributed by atoms with Gasteiger partial charge in [0, 0.05) is 18.3 Å². The second-order valence-electron chi connectivity index (χ2n) is 6.31. The van der Waals surface area contributed by atoms with Gasteiger partial charge in [-0.1, -0.05) is 13.3 Å². The van der Waals surface area contributed by atoms with Gasteiger partial charge in [0.1, 0.15) is 5.82 Å². The van der Waals surface area contributed by atoms with Gasteiger partial charge in [0.05, 0.1) is 17.1 Å². The normalized spacial score (nSPS) is 18.5. The van der Waals surface area contributed by atoms with E-state index in [1.165, 1.54) is 11.0 Å². The van der Waals surface area contributed by atoms with Crippen LogP contribution in [0.15, 0.2) is 18.2 Å². The molecule has 0 spiro atoms. The summed E-state index contributed by atoms with van der Waals surface area (Å²) in [5.41, 5.74) is 5.48. The molecule has 0 bridgehead atoms. The second-order valence-corrected chi connectivity index (χ2v) is 8.53. The molecular weight excluding hydrogens is 363 g/mol. The highest BCUT2D eigenvalue weighted by Gasteiger charge is 2.34. The minimum Gasteiger partial charge on any atom is -0.452 e. The van der Waals surface area contributed by atoms with E-state index in [9.17, 15) is 22.4 Å². The Kier molecular flexibility index (Phi) is 6.57. The number of halogens is 1. The van der Waals surface area contributed by atoms with Gasteiger partial charge in [0.15, 0.2) is 16.4 Å². The first-order chi connectivity index (χ1) is 12.2. The number of carbonyl (C=O) groups is 2. The third kappa shape index (κ3) is 5.17. The van der Waals surface area contributed by atoms with E-state index in [2.05, 4.69) is 0 Å². The fraction of sp³-hybridized carbons (Fsp3) is 0.529. The van der Waals surface area contributed by atoms with Gasteiger partial charge in [0.2, 0.25) is 0 Å². The lowest BCUT2D eigenvalue weighted by molar-refractivity contribution is -0.136. The lowest BCUT2D eigenvalue weighted by Crippen LogP contribution is -2.43. The van der Waals surface area contributed by atoms with Crippen molar-refractivity contribution in [2.45, 2.75) is 32.2 Å². The number of esters is 1. The van der Waals surface area contributed by atoms with Crippen LogP contribution in [0.1, 0.15) is 36.5 Å². The van der Waals surface area contributed by atoms with Crippen molar-refractivity contribution in [1.82, 2.24) is 4.90 Å². The van der Waals surface area contributed by atoms with E-state index in [4.69, 9.17) is 10.5 Å². The molecule has 0 unspecified atom stereocenters. The molecule has 1 aliphatic heterocycles. The number of hydrogen-bond donors (Lipinski definition) is 1. The summed E-state index contributed by atoms with van der Waals surface area (Å²) in [4.78, 5) is 26.0. The quantitative estimate of drug-likeness (QED) is 0.560. The molecule has 1 aromatic carbocycles. The topological polar surface area (TPSA) is 107 Å². The van der Waals surface area contributed by atoms with Crippen LogP contribution in [0.2, 0.25) is 0 Å². The molecule has 1 aromatic rings. The fourth-order valence-electron chi connectivity index (χ4n) is 2.87. The van der Waals surface area contributed by atoms with Crippen molar-refractivity contribution in [3.63, 3.8) is 0 Å². The Morgan fingerprint density at radius 3 is 2.69 bits per heavy atom. The van der Waals surface area contributed by atoms with Crippen LogP contribution in [-0.2, 0) is 19.4 Å². The van der Waals surface area contributed by atoms with Crippen molar-refractivity contribution in [2.24, 2.45) is 0 Å². The summed E-state index contributed by atoms with van der Waals surface area (Å²) < 4.78 is 41.4. The molecule has 0 radical (unpaired) electrons. The number of amides is 1. The van der Waals surface area contributed by atoms with E-state index >= 15 is 0 Å². The number of carbonyl (C=O) groups excluding carboxylic acids is 2. The van der Waals surface area contributed by atoms with Crippen LogP contribution >= 0.6 is 0 Å². The average molecular weight is 386 g/mol. The average Bonchev–Trinajstić information content (AvgIpc) is 2.92. The Labute approximate surface area is 152 Å². The molecule has 1 atom stereocenters. The van der Waals surface area contributed by atoms with Crippen molar-refractivity contribution < 1.29 is 27.1 Å². The minimum atomic E-state index is -3.14. The van der Waals surface area contributed by atoms with Gasteiger partial charge in [-0.05, 0) is 31.0 Å². The first-order valence-electron chi connectivity index (χ1n) is 8.45. The molecule has 1 amide bonds. The highest BCUT2D eigenvalue weighted by Crippen LogP contribution is 2.19. The summed E-state index contributed by atoms with van der Waals surface area (Å²) in [5.74, 6) is -1.87. The summed E-state index contributed by atoms with van der Waals surface area (Å²) in [6.07, 6.45) is 1.95. The maximum atomic E-state index is 13.0. The Morgan fingerprint density at radius 1 is 1.38 bits per heavy atom. The molecule has 1 fully saturated rings. The SMILES string of the molecule is CCCCN(C(=O)COC(=O)c1ccc(F)cc1N)[C@@H]1CCS(=O)(=O)C1. The van der Waals surface area contributed by atoms with Crippen molar-refractivity contribution in [1.29, 1.82) is 0 Å². The minimum absolute atomic E-state index is 0.0252. The molecule has 144 valence electrons. The highest BCUT2D eigenvalue weighted by molar-refractivity contribution is 7.91. The lowest BCUT2D eigenvalue weighted by atomic mass is 10.2. The zero-order valence-electron chi connectivity index (χ0n) is 14.6. The third-order valence-corrected chi connectivity index (χ3v) is 6.03. The maximum Gasteiger partial charge on any atom is 0.340 e. The molecular formula is C17H23FN2O5S. The third-order valence-electron chi connectivity index (χ3n) is 4.28. The Morgan fingerprint density at radius 2 is 2.12 bits per heavy atom. The standard InChI is InChI=1S/C17H23FN2O5S/c1-2-3-7-20(13-6-8-26(23,24)11-13)16(21)10-25-17(22)14-5-4-12(18)9-15(14)19/h4-5,9,13H,2-3,6-8,10-11,19H2,1H3/t13-/m1/s1. The lowest BCUT2D eigenvalue weighted by Gasteiger charge is -2.28. The van der Waals surface area contributed by atoms with Gasteiger partial charge in [-0.3, -0.25) is 4.79 Å². The van der Waals surface area contributed by atoms with Crippen LogP contribution in [0.5, 0.6) is 0 Å². The van der Waals surface area contributed by atoms with Gasteiger partial charge < -0.3 is 15.4 Å². The Balaban J connectivity index is 2.01. The van der Waals surface area contributed by atoms with Crippen molar-refractivity contribution in [3.05, 3.63) is 29.6 Å². The summed E-state index contributed by atoms with van der Waals surface area (Å²) >= 11 is 0. The largest absolute Gasteiger partial charge is 0.452 e. The zero-order valence-corrected chi connectivity index (χ0v) is 15.4. The Bertz CT molecular complexity index is 781. The van der Waals surface area contributed by atoms with E-state index in [0.29, 0.717) is 13.0 Å². The van der Waals surface area contributed by atoms with Gasteiger partial charge in [-0.2, -0.15) is 0 Å². The number of nitrogens with two attached hydrogens (primary N) is 1. The fourth-order valence-corrected chi connectivity index (χ4v) is 4.60. The molecule has 0 aromatic heterocycles. The van der Waals surface area contributed by atoms with Crippen molar-refractivity contribution in [3.8, 4) is 0 Å². The number of nitrogens with zero attached hydrogens (tertiary/aromatic N) is 1. The molecule has 7 nitrogen and oxygen atoms in total. The van der Waals surface area contributed by atoms with Crippen LogP contribution in [0.25, 0.3) is 0 Å². The smallest absolute Gasteiger partial charge is 0.340 e. The predicted molar refractivity (Wildman–Crippen MR) is 94.8 cm³/mol. The van der Waals surface area contributed by atoms with Gasteiger partial charge in [0.25, 0.3) is 5.91 Å². The molecule has 0 saturated carbocycles. The summed E-state index contributed by atoms with van der Waals surface area (Å²) in [6, 6.07) is 2.87. The van der Waals surface area contributed by atoms with Crippen LogP contribution in [0.3, 0.4) is 0 Å². The number of unbranched alkanes of at least 4 members (excludes halogenated alkanes) is 1. The van der Waals surface area contributed by atoms with Crippen LogP contribution in [0, 0.1) is 5.82 Å². The summed E-state index contributed by atoms with van der Waals surface area (Å²) in [6.45, 7) is 1.85. The number of nitrogen functional groups attached to an aromatic ring is 1. The molecule has 2 N–H and O–H groups in total. The maximum absolute atomic E-state index is 13.0. The summed E-state index contributed by atoms with van der Waals surface area (Å²) in [5, 5.41) is 0. The molecule has 2 rings (SSSR count). The first-order valence-corrected chi connectivity index (χ1v) is 10.3. The van der Waals surface area contributed by atoms with Gasteiger partial charge in [-0.15, -0.1) is 0 Å². The van der Waals surface area contributed by atoms with Crippen molar-refractivity contribution in [2.75, 3.05) is 30.4 Å². The van der Waals surface area contributed by atoms with Crippen LogP contribution in [0.4, 0.5) is 10.1 Å². The van der Waals surface area contributed by atoms with Gasteiger partial charge in [-0.25, -0.2) is 17.6 Å². The number of ether oxygens (including phenoxy) is 1. The molecule has 9 heteroatoms. The monoisotopic (exact) mass is 386 g/mol. The van der Waals surface area contributed by atoms with E-state index in [-0.39, 0.29) is 22.8 Å². The number of hydrogen-bond acceptors (Lipinski definition) is 6. The summed E-state index contributed by atoms with van der Waals surface area (Å²) in [7, 11) is -3.14. The van der Waals surface area contributed by atoms with Gasteiger partial charge >= 0.3 is 5.97 Å². The molecule has 1 heterocycles. The van der Waals surface area contributed by atoms with E-state index in [0.717, 1.165) is 25.0 Å². The highest BCUT2D eigenvalue weighted by atomic mass is 32.2. The second kappa shape index (κ2) is 8.48.